The summed E-state index contributed by atoms with van der Waals surface area (Å²) in [7, 11) is 0. The Bertz CT molecular complexity index is 989. The lowest BCUT2D eigenvalue weighted by atomic mass is 10.2. The molecule has 1 aliphatic rings. The second-order valence-electron chi connectivity index (χ2n) is 7.49. The average molecular weight is 367 g/mol. The van der Waals surface area contributed by atoms with Crippen LogP contribution in [0.1, 0.15) is 37.0 Å². The highest BCUT2D eigenvalue weighted by molar-refractivity contribution is 6.10. The molecule has 0 spiro atoms. The normalized spacial score (nSPS) is 17.2. The van der Waals surface area contributed by atoms with Gasteiger partial charge in [-0.3, -0.25) is 4.79 Å². The zero-order valence-electron chi connectivity index (χ0n) is 15.7. The SMILES string of the molecule is CC(C)Cn1c(N)c(C(=O)NC[C@H]2CCCO2)c2nc3ccccc3nc21. The van der Waals surface area contributed by atoms with Crippen LogP contribution in [0.3, 0.4) is 0 Å². The highest BCUT2D eigenvalue weighted by Gasteiger charge is 2.25. The molecule has 2 aromatic heterocycles. The molecule has 0 unspecified atom stereocenters. The van der Waals surface area contributed by atoms with Crippen molar-refractivity contribution in [3.63, 3.8) is 0 Å². The molecule has 0 radical (unpaired) electrons. The summed E-state index contributed by atoms with van der Waals surface area (Å²) < 4.78 is 7.50. The third kappa shape index (κ3) is 3.35. The molecule has 1 aliphatic heterocycles. The standard InChI is InChI=1S/C20H25N5O2/c1-12(2)11-25-18(21)16(20(26)22-10-13-6-5-9-27-13)17-19(25)24-15-8-4-3-7-14(15)23-17/h3-4,7-8,12-13H,5-6,9-11,21H2,1-2H3,(H,22,26)/t13-/m1/s1. The van der Waals surface area contributed by atoms with Crippen molar-refractivity contribution in [3.8, 4) is 0 Å². The summed E-state index contributed by atoms with van der Waals surface area (Å²) in [5.74, 6) is 0.554. The molecule has 3 aromatic rings. The highest BCUT2D eigenvalue weighted by Crippen LogP contribution is 2.28. The molecular weight excluding hydrogens is 342 g/mol. The summed E-state index contributed by atoms with van der Waals surface area (Å²) in [5.41, 5.74) is 9.55. The second-order valence-corrected chi connectivity index (χ2v) is 7.49. The molecule has 4 rings (SSSR count). The van der Waals surface area contributed by atoms with E-state index in [0.717, 1.165) is 30.5 Å². The zero-order valence-corrected chi connectivity index (χ0v) is 15.7. The van der Waals surface area contributed by atoms with Crippen LogP contribution in [-0.4, -0.2) is 39.7 Å². The van der Waals surface area contributed by atoms with Crippen LogP contribution in [0, 0.1) is 5.92 Å². The molecule has 1 atom stereocenters. The summed E-state index contributed by atoms with van der Waals surface area (Å²) in [5, 5.41) is 2.96. The summed E-state index contributed by atoms with van der Waals surface area (Å²) >= 11 is 0. The quantitative estimate of drug-likeness (QED) is 0.723. The highest BCUT2D eigenvalue weighted by atomic mass is 16.5. The molecule has 7 nitrogen and oxygen atoms in total. The predicted octanol–water partition coefficient (Wildman–Crippen LogP) is 2.73. The van der Waals surface area contributed by atoms with Gasteiger partial charge in [0.1, 0.15) is 16.9 Å². The van der Waals surface area contributed by atoms with Crippen molar-refractivity contribution in [1.82, 2.24) is 19.9 Å². The van der Waals surface area contributed by atoms with Crippen molar-refractivity contribution in [2.24, 2.45) is 5.92 Å². The molecule has 1 saturated heterocycles. The summed E-state index contributed by atoms with van der Waals surface area (Å²) in [6.07, 6.45) is 2.08. The first-order valence-corrected chi connectivity index (χ1v) is 9.49. The number of rotatable bonds is 5. The lowest BCUT2D eigenvalue weighted by molar-refractivity contribution is 0.0859. The number of ether oxygens (including phenoxy) is 1. The van der Waals surface area contributed by atoms with Crippen molar-refractivity contribution >= 4 is 33.9 Å². The van der Waals surface area contributed by atoms with Crippen LogP contribution in [0.25, 0.3) is 22.2 Å². The van der Waals surface area contributed by atoms with E-state index < -0.39 is 0 Å². The second kappa shape index (κ2) is 7.15. The molecule has 0 saturated carbocycles. The van der Waals surface area contributed by atoms with Crippen LogP contribution >= 0.6 is 0 Å². The number of benzene rings is 1. The number of hydrogen-bond acceptors (Lipinski definition) is 5. The number of nitrogens with two attached hydrogens (primary N) is 1. The Labute approximate surface area is 157 Å². The van der Waals surface area contributed by atoms with Crippen molar-refractivity contribution in [3.05, 3.63) is 29.8 Å². The first-order valence-electron chi connectivity index (χ1n) is 9.49. The van der Waals surface area contributed by atoms with Gasteiger partial charge in [0.2, 0.25) is 0 Å². The van der Waals surface area contributed by atoms with Gasteiger partial charge in [-0.2, -0.15) is 0 Å². The Morgan fingerprint density at radius 1 is 1.33 bits per heavy atom. The van der Waals surface area contributed by atoms with Crippen molar-refractivity contribution in [2.45, 2.75) is 39.3 Å². The Kier molecular flexibility index (Phi) is 4.70. The van der Waals surface area contributed by atoms with E-state index in [9.17, 15) is 4.79 Å². The third-order valence-corrected chi connectivity index (χ3v) is 4.88. The van der Waals surface area contributed by atoms with Gasteiger partial charge in [0.15, 0.2) is 5.65 Å². The van der Waals surface area contributed by atoms with Crippen molar-refractivity contribution < 1.29 is 9.53 Å². The lowest BCUT2D eigenvalue weighted by Gasteiger charge is -2.12. The van der Waals surface area contributed by atoms with Gasteiger partial charge in [0.25, 0.3) is 5.91 Å². The number of anilines is 1. The van der Waals surface area contributed by atoms with Gasteiger partial charge in [-0.25, -0.2) is 9.97 Å². The van der Waals surface area contributed by atoms with E-state index in [1.165, 1.54) is 0 Å². The summed E-state index contributed by atoms with van der Waals surface area (Å²) in [6, 6.07) is 7.65. The maximum Gasteiger partial charge on any atom is 0.257 e. The van der Waals surface area contributed by atoms with Gasteiger partial charge in [-0.1, -0.05) is 26.0 Å². The molecule has 0 bridgehead atoms. The van der Waals surface area contributed by atoms with Gasteiger partial charge < -0.3 is 20.4 Å². The molecule has 1 fully saturated rings. The summed E-state index contributed by atoms with van der Waals surface area (Å²) in [6.45, 7) is 6.13. The van der Waals surface area contributed by atoms with Gasteiger partial charge in [-0.05, 0) is 30.9 Å². The Hall–Kier alpha value is -2.67. The number of hydrogen-bond donors (Lipinski definition) is 2. The maximum atomic E-state index is 12.9. The minimum atomic E-state index is -0.222. The van der Waals surface area contributed by atoms with E-state index in [4.69, 9.17) is 20.4 Å². The van der Waals surface area contributed by atoms with Gasteiger partial charge in [0, 0.05) is 19.7 Å². The van der Waals surface area contributed by atoms with Gasteiger partial charge in [-0.15, -0.1) is 0 Å². The molecule has 27 heavy (non-hydrogen) atoms. The maximum absolute atomic E-state index is 12.9. The predicted molar refractivity (Wildman–Crippen MR) is 106 cm³/mol. The van der Waals surface area contributed by atoms with Gasteiger partial charge in [0.05, 0.1) is 17.1 Å². The number of aromatic nitrogens is 3. The Balaban J connectivity index is 1.78. The first-order chi connectivity index (χ1) is 13.0. The van der Waals surface area contributed by atoms with Gasteiger partial charge >= 0.3 is 0 Å². The van der Waals surface area contributed by atoms with Crippen LogP contribution in [0.5, 0.6) is 0 Å². The lowest BCUT2D eigenvalue weighted by Crippen LogP contribution is -2.32. The number of nitrogens with zero attached hydrogens (tertiary/aromatic N) is 3. The minimum Gasteiger partial charge on any atom is -0.384 e. The van der Waals surface area contributed by atoms with E-state index in [0.29, 0.717) is 41.6 Å². The number of carbonyl (C=O) groups excluding carboxylic acids is 1. The van der Waals surface area contributed by atoms with Crippen LogP contribution in [-0.2, 0) is 11.3 Å². The largest absolute Gasteiger partial charge is 0.384 e. The molecule has 142 valence electrons. The number of fused-ring (bicyclic) bond motifs is 2. The fourth-order valence-corrected chi connectivity index (χ4v) is 3.59. The molecular formula is C20H25N5O2. The molecule has 1 amide bonds. The molecule has 3 N–H and O–H groups in total. The molecule has 7 heteroatoms. The fraction of sp³-hybridized carbons (Fsp3) is 0.450. The van der Waals surface area contributed by atoms with E-state index in [-0.39, 0.29) is 12.0 Å². The van der Waals surface area contributed by atoms with E-state index in [2.05, 4.69) is 19.2 Å². The van der Waals surface area contributed by atoms with Crippen LogP contribution in [0.2, 0.25) is 0 Å². The monoisotopic (exact) mass is 367 g/mol. The number of amides is 1. The first kappa shape index (κ1) is 17.7. The number of carbonyl (C=O) groups is 1. The zero-order chi connectivity index (χ0) is 19.0. The molecule has 3 heterocycles. The summed E-state index contributed by atoms with van der Waals surface area (Å²) in [4.78, 5) is 22.4. The van der Waals surface area contributed by atoms with E-state index in [1.54, 1.807) is 0 Å². The Morgan fingerprint density at radius 2 is 2.07 bits per heavy atom. The van der Waals surface area contributed by atoms with Crippen molar-refractivity contribution in [2.75, 3.05) is 18.9 Å². The number of para-hydroxylation sites is 2. The Morgan fingerprint density at radius 3 is 2.74 bits per heavy atom. The molecule has 0 aliphatic carbocycles. The number of nitrogens with one attached hydrogen (secondary N) is 1. The van der Waals surface area contributed by atoms with E-state index >= 15 is 0 Å². The van der Waals surface area contributed by atoms with Crippen LogP contribution in [0.15, 0.2) is 24.3 Å². The van der Waals surface area contributed by atoms with Crippen LogP contribution < -0.4 is 11.1 Å². The third-order valence-electron chi connectivity index (χ3n) is 4.88. The van der Waals surface area contributed by atoms with Crippen molar-refractivity contribution in [1.29, 1.82) is 0 Å². The molecule has 1 aromatic carbocycles. The average Bonchev–Trinajstić information content (AvgIpc) is 3.25. The van der Waals surface area contributed by atoms with E-state index in [1.807, 2.05) is 28.8 Å². The topological polar surface area (TPSA) is 95.1 Å². The number of nitrogen functional groups attached to an aromatic ring is 1. The fourth-order valence-electron chi connectivity index (χ4n) is 3.59. The van der Waals surface area contributed by atoms with Crippen LogP contribution in [0.4, 0.5) is 5.82 Å². The smallest absolute Gasteiger partial charge is 0.257 e. The minimum absolute atomic E-state index is 0.0751.